The molecule has 92 valence electrons. The van der Waals surface area contributed by atoms with Crippen molar-refractivity contribution >= 4 is 24.2 Å². The van der Waals surface area contributed by atoms with E-state index in [0.717, 1.165) is 0 Å². The summed E-state index contributed by atoms with van der Waals surface area (Å²) in [5.41, 5.74) is 0. The van der Waals surface area contributed by atoms with Crippen molar-refractivity contribution in [3.05, 3.63) is 22.1 Å². The van der Waals surface area contributed by atoms with Crippen LogP contribution in [-0.2, 0) is 48.4 Å². The summed E-state index contributed by atoms with van der Waals surface area (Å²) in [5.74, 6) is 0.520. The molecule has 17 heavy (non-hydrogen) atoms. The van der Waals surface area contributed by atoms with Gasteiger partial charge in [0.1, 0.15) is 12.8 Å². The van der Waals surface area contributed by atoms with Crippen molar-refractivity contribution in [1.29, 1.82) is 0 Å². The Hall–Kier alpha value is -0.545. The molecule has 0 amide bonds. The molecule has 1 rings (SSSR count). The summed E-state index contributed by atoms with van der Waals surface area (Å²) in [5, 5.41) is 10.3. The molecule has 1 heterocycles. The molecule has 8 nitrogen and oxygen atoms in total. The average Bonchev–Trinajstić information content (AvgIpc) is 2.63. The van der Waals surface area contributed by atoms with E-state index in [1.807, 2.05) is 0 Å². The Balaban J connectivity index is 0.000000437. The third-order valence-corrected chi connectivity index (χ3v) is 4.99. The van der Waals surface area contributed by atoms with Gasteiger partial charge in [-0.25, -0.2) is 9.55 Å². The number of nitrogens with zero attached hydrogens (tertiary/aromatic N) is 3. The number of ether oxygens (including phenoxy) is 1. The van der Waals surface area contributed by atoms with Gasteiger partial charge in [-0.1, -0.05) is 0 Å². The van der Waals surface area contributed by atoms with Gasteiger partial charge < -0.3 is 14.9 Å². The number of carbonyl (C=O) groups is 1. The molecule has 0 atom stereocenters. The predicted octanol–water partition coefficient (Wildman–Crippen LogP) is 0.942. The Morgan fingerprint density at radius 3 is 2.71 bits per heavy atom. The van der Waals surface area contributed by atoms with Gasteiger partial charge in [0.2, 0.25) is 5.82 Å². The molecule has 10 heteroatoms. The van der Waals surface area contributed by atoms with Crippen molar-refractivity contribution in [2.24, 2.45) is 7.05 Å². The van der Waals surface area contributed by atoms with Gasteiger partial charge in [-0.05, 0) is 4.92 Å². The molecule has 0 saturated heterocycles. The van der Waals surface area contributed by atoms with Crippen LogP contribution in [-0.4, -0.2) is 28.1 Å². The van der Waals surface area contributed by atoms with Crippen LogP contribution in [0, 0.1) is 10.1 Å². The number of hydrogen-bond acceptors (Lipinski definition) is 6. The summed E-state index contributed by atoms with van der Waals surface area (Å²) in [4.78, 5) is 22.9. The van der Waals surface area contributed by atoms with Crippen LogP contribution in [0.15, 0.2) is 6.20 Å². The Morgan fingerprint density at radius 2 is 2.41 bits per heavy atom. The first-order valence-corrected chi connectivity index (χ1v) is 18.5. The van der Waals surface area contributed by atoms with E-state index in [-0.39, 0.29) is 12.4 Å². The van der Waals surface area contributed by atoms with E-state index >= 15 is 0 Å². The number of nitro groups is 1. The molecule has 1 aromatic heterocycles. The van der Waals surface area contributed by atoms with E-state index in [2.05, 4.69) is 19.5 Å². The summed E-state index contributed by atoms with van der Waals surface area (Å²) < 4.78 is 10.5. The van der Waals surface area contributed by atoms with Gasteiger partial charge in [-0.2, -0.15) is 0 Å². The summed E-state index contributed by atoms with van der Waals surface area (Å²) in [7, 11) is 3.10. The zero-order valence-corrected chi connectivity index (χ0v) is 16.4. The summed E-state index contributed by atoms with van der Waals surface area (Å²) >= 11 is 1.88. The van der Waals surface area contributed by atoms with Gasteiger partial charge in [0.05, 0.1) is 7.05 Å². The van der Waals surface area contributed by atoms with Gasteiger partial charge in [0.15, 0.2) is 0 Å². The number of hydrogen-bond donors (Lipinski definition) is 0. The summed E-state index contributed by atoms with van der Waals surface area (Å²) in [6.45, 7) is 0.765. The minimum atomic E-state index is -1.20. The SMILES string of the molecule is COCc1ncc([N+](=O)[O-])n1C.O=C[O][Hg][Br]. The fourth-order valence-electron chi connectivity index (χ4n) is 0.896. The van der Waals surface area contributed by atoms with Crippen LogP contribution in [0.25, 0.3) is 0 Å². The molecule has 0 unspecified atom stereocenters. The van der Waals surface area contributed by atoms with E-state index in [9.17, 15) is 14.9 Å². The van der Waals surface area contributed by atoms with Gasteiger partial charge in [-0.15, -0.1) is 0 Å². The van der Waals surface area contributed by atoms with Crippen molar-refractivity contribution in [3.63, 3.8) is 0 Å². The fourth-order valence-corrected chi connectivity index (χ4v) is 2.04. The molecule has 1 aromatic rings. The summed E-state index contributed by atoms with van der Waals surface area (Å²) in [6.07, 6.45) is 1.22. The van der Waals surface area contributed by atoms with E-state index < -0.39 is 27.5 Å². The maximum atomic E-state index is 10.3. The second-order valence-corrected chi connectivity index (χ2v) is 8.82. The van der Waals surface area contributed by atoms with Crippen molar-refractivity contribution in [2.75, 3.05) is 7.11 Å². The first-order valence-electron chi connectivity index (χ1n) is 4.33. The molecule has 0 fully saturated rings. The van der Waals surface area contributed by atoms with Crippen LogP contribution in [0.4, 0.5) is 5.82 Å². The van der Waals surface area contributed by atoms with Crippen molar-refractivity contribution in [2.45, 2.75) is 6.61 Å². The molecular weight excluding hydrogens is 487 g/mol. The topological polar surface area (TPSA) is 96.5 Å². The van der Waals surface area contributed by atoms with Crippen LogP contribution < -0.4 is 0 Å². The predicted molar refractivity (Wildman–Crippen MR) is 56.7 cm³/mol. The van der Waals surface area contributed by atoms with E-state index in [1.54, 1.807) is 7.05 Å². The van der Waals surface area contributed by atoms with Crippen LogP contribution >= 0.6 is 11.9 Å². The molecule has 0 aromatic carbocycles. The Labute approximate surface area is 116 Å². The zero-order chi connectivity index (χ0) is 13.3. The second kappa shape index (κ2) is 9.48. The maximum absolute atomic E-state index is 10.3. The Bertz CT molecular complexity index is 372. The van der Waals surface area contributed by atoms with Crippen molar-refractivity contribution < 1.29 is 39.7 Å². The van der Waals surface area contributed by atoms with Crippen molar-refractivity contribution in [3.8, 4) is 0 Å². The van der Waals surface area contributed by atoms with Crippen molar-refractivity contribution in [1.82, 2.24) is 9.55 Å². The number of carbonyl (C=O) groups excluding carboxylic acids is 1. The van der Waals surface area contributed by atoms with Crippen LogP contribution in [0.1, 0.15) is 5.82 Å². The molecule has 0 aliphatic rings. The number of halogens is 1. The van der Waals surface area contributed by atoms with Gasteiger partial charge in [-0.3, -0.25) is 0 Å². The molecule has 0 radical (unpaired) electrons. The van der Waals surface area contributed by atoms with Crippen LogP contribution in [0.5, 0.6) is 0 Å². The fraction of sp³-hybridized carbons (Fsp3) is 0.429. The van der Waals surface area contributed by atoms with Crippen LogP contribution in [0.3, 0.4) is 0 Å². The molecule has 0 aliphatic heterocycles. The first-order chi connectivity index (χ1) is 8.08. The molecule has 0 N–H and O–H groups in total. The minimum absolute atomic E-state index is 0.0259. The van der Waals surface area contributed by atoms with E-state index in [4.69, 9.17) is 4.74 Å². The molecule has 0 aliphatic carbocycles. The summed E-state index contributed by atoms with van der Waals surface area (Å²) in [6, 6.07) is 0. The number of rotatable bonds is 5. The first kappa shape index (κ1) is 16.5. The second-order valence-electron chi connectivity index (χ2n) is 2.65. The number of aromatic nitrogens is 2. The third-order valence-electron chi connectivity index (χ3n) is 1.65. The molecule has 0 saturated carbocycles. The third kappa shape index (κ3) is 6.08. The average molecular weight is 497 g/mol. The van der Waals surface area contributed by atoms with E-state index in [1.165, 1.54) is 17.9 Å². The van der Waals surface area contributed by atoms with Gasteiger partial charge in [0.25, 0.3) is 0 Å². The quantitative estimate of drug-likeness (QED) is 0.261. The van der Waals surface area contributed by atoms with E-state index in [0.29, 0.717) is 12.3 Å². The molecular formula is C7H10BrHgN3O5. The molecule has 0 spiro atoms. The monoisotopic (exact) mass is 497 g/mol. The number of imidazole rings is 1. The van der Waals surface area contributed by atoms with Crippen LogP contribution in [0.2, 0.25) is 0 Å². The molecule has 0 bridgehead atoms. The van der Waals surface area contributed by atoms with Gasteiger partial charge in [0, 0.05) is 7.11 Å². The Morgan fingerprint density at radius 1 is 1.76 bits per heavy atom. The zero-order valence-electron chi connectivity index (χ0n) is 9.33. The van der Waals surface area contributed by atoms with Gasteiger partial charge >= 0.3 is 54.2 Å². The Kier molecular flexibility index (Phi) is 9.18. The standard InChI is InChI=1S/C6H9N3O3.CH2O2.BrH.Hg/c1-8-5(4-12-2)7-3-6(8)9(10)11;2-1-3;;/h3H,4H2,1-2H3;1H,(H,2,3);1H;/q;;;+2/p-2. The normalized spacial score (nSPS) is 8.65. The number of methoxy groups -OCH3 is 1.